The Hall–Kier alpha value is -2.39. The van der Waals surface area contributed by atoms with E-state index in [0.717, 1.165) is 11.6 Å². The molecule has 0 bridgehead atoms. The van der Waals surface area contributed by atoms with Crippen LogP contribution >= 0.6 is 0 Å². The van der Waals surface area contributed by atoms with Gasteiger partial charge >= 0.3 is 13.3 Å². The number of amides is 1. The quantitative estimate of drug-likeness (QED) is 0.634. The van der Waals surface area contributed by atoms with Crippen molar-refractivity contribution in [3.05, 3.63) is 58.9 Å². The predicted molar refractivity (Wildman–Crippen MR) is 87.5 cm³/mol. The summed E-state index contributed by atoms with van der Waals surface area (Å²) >= 11 is 0. The van der Waals surface area contributed by atoms with E-state index in [1.165, 1.54) is 6.07 Å². The van der Waals surface area contributed by atoms with Gasteiger partial charge in [-0.3, -0.25) is 4.79 Å². The number of fused-ring (bicyclic) bond motifs is 1. The van der Waals surface area contributed by atoms with Crippen molar-refractivity contribution in [3.8, 4) is 0 Å². The zero-order valence-corrected chi connectivity index (χ0v) is 13.8. The van der Waals surface area contributed by atoms with E-state index in [-0.39, 0.29) is 11.8 Å². The molecule has 136 valence electrons. The smallest absolute Gasteiger partial charge is 0.423 e. The summed E-state index contributed by atoms with van der Waals surface area (Å²) in [6.45, 7) is 3.55. The van der Waals surface area contributed by atoms with Crippen molar-refractivity contribution < 1.29 is 32.0 Å². The van der Waals surface area contributed by atoms with Crippen molar-refractivity contribution in [1.29, 1.82) is 0 Å². The minimum absolute atomic E-state index is 0.258. The van der Waals surface area contributed by atoms with Crippen LogP contribution in [-0.4, -0.2) is 18.0 Å². The lowest BCUT2D eigenvalue weighted by Crippen LogP contribution is -2.29. The van der Waals surface area contributed by atoms with Gasteiger partial charge in [-0.05, 0) is 55.2 Å². The van der Waals surface area contributed by atoms with E-state index in [1.54, 1.807) is 26.0 Å². The zero-order valence-electron chi connectivity index (χ0n) is 13.8. The molecule has 2 aromatic carbocycles. The van der Waals surface area contributed by atoms with Gasteiger partial charge in [0.05, 0.1) is 16.7 Å². The van der Waals surface area contributed by atoms with Gasteiger partial charge < -0.3 is 15.0 Å². The number of rotatable bonds is 2. The molecule has 1 heterocycles. The van der Waals surface area contributed by atoms with Crippen LogP contribution < -0.4 is 10.8 Å². The van der Waals surface area contributed by atoms with E-state index in [4.69, 9.17) is 4.65 Å². The fourth-order valence-corrected chi connectivity index (χ4v) is 2.87. The summed E-state index contributed by atoms with van der Waals surface area (Å²) in [6, 6.07) is 6.38. The minimum atomic E-state index is -4.70. The minimum Gasteiger partial charge on any atom is -0.423 e. The van der Waals surface area contributed by atoms with E-state index in [2.05, 4.69) is 5.32 Å². The standard InChI is InChI=1S/C17H14BF4NO3/c1-16(2)12-6-4-10(8-13(12)18(25)26-16)23-15(24)11-5-3-9(7-14(11)19)17(20,21)22/h3-8,25H,1-2H3,(H,23,24). The number of benzene rings is 2. The molecule has 0 spiro atoms. The first-order valence-electron chi connectivity index (χ1n) is 7.67. The van der Waals surface area contributed by atoms with Gasteiger partial charge in [-0.15, -0.1) is 0 Å². The summed E-state index contributed by atoms with van der Waals surface area (Å²) in [7, 11) is -1.17. The molecule has 2 N–H and O–H groups in total. The third kappa shape index (κ3) is 3.32. The lowest BCUT2D eigenvalue weighted by atomic mass is 9.78. The van der Waals surface area contributed by atoms with Crippen LogP contribution in [0.1, 0.15) is 35.3 Å². The van der Waals surface area contributed by atoms with E-state index in [1.807, 2.05) is 0 Å². The number of nitrogens with one attached hydrogen (secondary N) is 1. The molecule has 1 aliphatic rings. The van der Waals surface area contributed by atoms with Crippen LogP contribution in [0.2, 0.25) is 0 Å². The molecule has 0 saturated heterocycles. The first-order chi connectivity index (χ1) is 12.0. The van der Waals surface area contributed by atoms with Crippen LogP contribution in [0.15, 0.2) is 36.4 Å². The molecule has 2 aromatic rings. The van der Waals surface area contributed by atoms with Gasteiger partial charge in [-0.2, -0.15) is 13.2 Å². The third-order valence-electron chi connectivity index (χ3n) is 4.17. The van der Waals surface area contributed by atoms with Crippen LogP contribution in [0.4, 0.5) is 23.2 Å². The second kappa shape index (κ2) is 6.10. The van der Waals surface area contributed by atoms with Crippen LogP contribution in [0.5, 0.6) is 0 Å². The van der Waals surface area contributed by atoms with Crippen LogP contribution in [-0.2, 0) is 16.4 Å². The Labute approximate surface area is 146 Å². The molecule has 26 heavy (non-hydrogen) atoms. The highest BCUT2D eigenvalue weighted by atomic mass is 19.4. The molecule has 0 fully saturated rings. The second-order valence-corrected chi connectivity index (χ2v) is 6.43. The Morgan fingerprint density at radius 1 is 1.19 bits per heavy atom. The van der Waals surface area contributed by atoms with Gasteiger partial charge in [0.2, 0.25) is 0 Å². The first-order valence-corrected chi connectivity index (χ1v) is 7.67. The molecule has 0 atom stereocenters. The van der Waals surface area contributed by atoms with E-state index < -0.39 is 41.7 Å². The van der Waals surface area contributed by atoms with Crippen molar-refractivity contribution in [2.75, 3.05) is 5.32 Å². The van der Waals surface area contributed by atoms with Crippen LogP contribution in [0.3, 0.4) is 0 Å². The summed E-state index contributed by atoms with van der Waals surface area (Å²) in [6.07, 6.45) is -4.70. The van der Waals surface area contributed by atoms with Crippen molar-refractivity contribution in [3.63, 3.8) is 0 Å². The van der Waals surface area contributed by atoms with Crippen LogP contribution in [0.25, 0.3) is 0 Å². The molecule has 3 rings (SSSR count). The van der Waals surface area contributed by atoms with Gasteiger partial charge in [-0.1, -0.05) is 6.07 Å². The van der Waals surface area contributed by atoms with E-state index >= 15 is 0 Å². The van der Waals surface area contributed by atoms with Gasteiger partial charge in [-0.25, -0.2) is 4.39 Å². The van der Waals surface area contributed by atoms with Crippen molar-refractivity contribution in [2.45, 2.75) is 25.6 Å². The first kappa shape index (κ1) is 18.4. The van der Waals surface area contributed by atoms with Crippen LogP contribution in [0, 0.1) is 5.82 Å². The number of anilines is 1. The third-order valence-corrected chi connectivity index (χ3v) is 4.17. The van der Waals surface area contributed by atoms with Gasteiger partial charge in [0, 0.05) is 5.69 Å². The molecule has 0 aromatic heterocycles. The fraction of sp³-hybridized carbons (Fsp3) is 0.235. The normalized spacial score (nSPS) is 15.7. The second-order valence-electron chi connectivity index (χ2n) is 6.43. The summed E-state index contributed by atoms with van der Waals surface area (Å²) < 4.78 is 57.0. The molecule has 0 saturated carbocycles. The Morgan fingerprint density at radius 2 is 1.88 bits per heavy atom. The molecule has 1 amide bonds. The number of hydrogen-bond donors (Lipinski definition) is 2. The maximum Gasteiger partial charge on any atom is 0.492 e. The largest absolute Gasteiger partial charge is 0.492 e. The van der Waals surface area contributed by atoms with Crippen molar-refractivity contribution in [2.24, 2.45) is 0 Å². The Bertz CT molecular complexity index is 883. The number of halogens is 4. The summed E-state index contributed by atoms with van der Waals surface area (Å²) in [5.74, 6) is -2.17. The highest BCUT2D eigenvalue weighted by Crippen LogP contribution is 2.32. The summed E-state index contributed by atoms with van der Waals surface area (Å²) in [5.41, 5.74) is -0.934. The van der Waals surface area contributed by atoms with Gasteiger partial charge in [0.1, 0.15) is 5.82 Å². The molecule has 0 unspecified atom stereocenters. The molecule has 0 aliphatic carbocycles. The predicted octanol–water partition coefficient (Wildman–Crippen LogP) is 3.05. The number of carbonyl (C=O) groups excluding carboxylic acids is 1. The Morgan fingerprint density at radius 3 is 2.50 bits per heavy atom. The molecule has 1 aliphatic heterocycles. The monoisotopic (exact) mass is 367 g/mol. The summed E-state index contributed by atoms with van der Waals surface area (Å²) in [5, 5.41) is 12.4. The maximum absolute atomic E-state index is 13.9. The molecule has 4 nitrogen and oxygen atoms in total. The number of alkyl halides is 3. The Kier molecular flexibility index (Phi) is 4.32. The maximum atomic E-state index is 13.9. The SMILES string of the molecule is CC1(C)OB(O)c2cc(NC(=O)c3ccc(C(F)(F)F)cc3F)ccc21. The molecule has 0 radical (unpaired) electrons. The number of carbonyl (C=O) groups is 1. The summed E-state index contributed by atoms with van der Waals surface area (Å²) in [4.78, 5) is 12.2. The molecular weight excluding hydrogens is 353 g/mol. The topological polar surface area (TPSA) is 58.6 Å². The highest BCUT2D eigenvalue weighted by Gasteiger charge is 2.40. The van der Waals surface area contributed by atoms with E-state index in [9.17, 15) is 27.4 Å². The highest BCUT2D eigenvalue weighted by molar-refractivity contribution is 6.62. The number of hydrogen-bond acceptors (Lipinski definition) is 3. The lowest BCUT2D eigenvalue weighted by Gasteiger charge is -2.19. The fourth-order valence-electron chi connectivity index (χ4n) is 2.87. The Balaban J connectivity index is 1.85. The lowest BCUT2D eigenvalue weighted by molar-refractivity contribution is -0.137. The molecular formula is C17H14BF4NO3. The average Bonchev–Trinajstić information content (AvgIpc) is 2.75. The zero-order chi connectivity index (χ0) is 19.3. The van der Waals surface area contributed by atoms with E-state index in [0.29, 0.717) is 11.5 Å². The van der Waals surface area contributed by atoms with Crippen molar-refractivity contribution in [1.82, 2.24) is 0 Å². The van der Waals surface area contributed by atoms with Gasteiger partial charge in [0.25, 0.3) is 5.91 Å². The van der Waals surface area contributed by atoms with Crippen molar-refractivity contribution >= 4 is 24.2 Å². The average molecular weight is 367 g/mol. The van der Waals surface area contributed by atoms with Gasteiger partial charge in [0.15, 0.2) is 0 Å². The molecule has 9 heteroatoms.